The van der Waals surface area contributed by atoms with Gasteiger partial charge in [0.25, 0.3) is 0 Å². The number of carbonyl (C=O) groups is 3. The summed E-state index contributed by atoms with van der Waals surface area (Å²) in [6.07, 6.45) is -10.9. The Bertz CT molecular complexity index is 931. The molecule has 0 bridgehead atoms. The number of esters is 1. The van der Waals surface area contributed by atoms with Crippen LogP contribution in [0.5, 0.6) is 5.75 Å². The molecule has 0 aliphatic carbocycles. The number of hydrogen-bond acceptors (Lipinski definition) is 7. The second-order valence-corrected chi connectivity index (χ2v) is 7.86. The zero-order valence-electron chi connectivity index (χ0n) is 20.5. The molecule has 0 unspecified atom stereocenters. The Hall–Kier alpha value is -1.74. The number of rotatable bonds is 7. The van der Waals surface area contributed by atoms with E-state index in [1.165, 1.54) is 6.92 Å². The van der Waals surface area contributed by atoms with Crippen LogP contribution in [0.4, 0.5) is 26.3 Å². The minimum atomic E-state index is -4.73. The summed E-state index contributed by atoms with van der Waals surface area (Å²) in [6, 6.07) is 1.49. The molecule has 1 aromatic rings. The number of hydrogen-bond donors (Lipinski definition) is 1. The van der Waals surface area contributed by atoms with Crippen molar-refractivity contribution in [2.24, 2.45) is 5.41 Å². The zero-order valence-corrected chi connectivity index (χ0v) is 23.7. The number of halogens is 6. The molecule has 15 heteroatoms. The van der Waals surface area contributed by atoms with E-state index in [9.17, 15) is 45.5 Å². The molecule has 0 aromatic carbocycles. The van der Waals surface area contributed by atoms with Gasteiger partial charge in [-0.05, 0) is 36.0 Å². The minimum absolute atomic E-state index is 0. The Balaban J connectivity index is -0.000000265. The summed E-state index contributed by atoms with van der Waals surface area (Å²) < 4.78 is 89.2. The predicted octanol–water partition coefficient (Wildman–Crippen LogP) is 4.23. The van der Waals surface area contributed by atoms with Crippen LogP contribution in [0.25, 0.3) is 0 Å². The van der Waals surface area contributed by atoms with Crippen molar-refractivity contribution < 1.29 is 86.1 Å². The van der Waals surface area contributed by atoms with Crippen molar-refractivity contribution in [3.05, 3.63) is 28.3 Å². The van der Waals surface area contributed by atoms with Crippen molar-refractivity contribution in [3.63, 3.8) is 0 Å². The van der Waals surface area contributed by atoms with Crippen LogP contribution in [0.1, 0.15) is 60.6 Å². The number of aromatic hydroxyl groups is 1. The summed E-state index contributed by atoms with van der Waals surface area (Å²) in [5, 5.41) is 9.00. The van der Waals surface area contributed by atoms with Crippen LogP contribution in [0.3, 0.4) is 0 Å². The molecule has 1 heterocycles. The second kappa shape index (κ2) is 15.5. The van der Waals surface area contributed by atoms with Gasteiger partial charge in [0.05, 0.1) is 19.1 Å². The predicted molar refractivity (Wildman–Crippen MR) is 115 cm³/mol. The largest absolute Gasteiger partial charge is 0.508 e. The Labute approximate surface area is 231 Å². The Kier molecular flexibility index (Phi) is 16.7. The van der Waals surface area contributed by atoms with Crippen LogP contribution in [-0.4, -0.2) is 51.3 Å². The average Bonchev–Trinajstić information content (AvgIpc) is 2.67. The molecule has 0 amide bonds. The van der Waals surface area contributed by atoms with E-state index in [4.69, 9.17) is 6.44 Å². The molecule has 0 aliphatic rings. The van der Waals surface area contributed by atoms with Crippen LogP contribution in [0.2, 0.25) is 0 Å². The van der Waals surface area contributed by atoms with Crippen LogP contribution in [0, 0.1) is 36.5 Å². The van der Waals surface area contributed by atoms with Gasteiger partial charge in [-0.1, -0.05) is 7.43 Å². The first-order chi connectivity index (χ1) is 15.7. The van der Waals surface area contributed by atoms with Gasteiger partial charge in [-0.3, -0.25) is 14.4 Å². The van der Waals surface area contributed by atoms with Gasteiger partial charge >= 0.3 is 23.9 Å². The van der Waals surface area contributed by atoms with Gasteiger partial charge in [-0.25, -0.2) is 4.79 Å². The Morgan fingerprint density at radius 2 is 1.47 bits per heavy atom. The summed E-state index contributed by atoms with van der Waals surface area (Å²) in [5.74, 6) is -4.14. The van der Waals surface area contributed by atoms with Gasteiger partial charge in [-0.2, -0.15) is 26.3 Å². The molecule has 36 heavy (non-hydrogen) atoms. The molecule has 0 aliphatic heterocycles. The summed E-state index contributed by atoms with van der Waals surface area (Å²) in [6.45, 7) is 4.73. The molecule has 1 aromatic heterocycles. The van der Waals surface area contributed by atoms with E-state index in [-0.39, 0.29) is 45.1 Å². The first-order valence-electron chi connectivity index (χ1n) is 9.93. The van der Waals surface area contributed by atoms with E-state index in [2.05, 4.69) is 17.5 Å². The zero-order chi connectivity index (χ0) is 28.4. The van der Waals surface area contributed by atoms with E-state index in [1.807, 2.05) is 0 Å². The third kappa shape index (κ3) is 12.0. The molecule has 7 nitrogen and oxygen atoms in total. The third-order valence-electron chi connectivity index (χ3n) is 4.49. The number of carbonyl (C=O) groups excluding carboxylic acids is 3. The first kappa shape index (κ1) is 38.8. The monoisotopic (exact) mass is 757 g/mol. The van der Waals surface area contributed by atoms with Crippen molar-refractivity contribution in [2.45, 2.75) is 72.7 Å². The third-order valence-corrected chi connectivity index (χ3v) is 4.49. The molecule has 204 valence electrons. The topological polar surface area (TPSA) is 111 Å². The van der Waals surface area contributed by atoms with Crippen molar-refractivity contribution in [2.75, 3.05) is 6.61 Å². The maximum atomic E-state index is 12.5. The summed E-state index contributed by atoms with van der Waals surface area (Å²) in [7, 11) is 3.75. The maximum absolute atomic E-state index is 12.5. The van der Waals surface area contributed by atoms with Gasteiger partial charge in [0.15, 0.2) is 11.6 Å². The van der Waals surface area contributed by atoms with Crippen molar-refractivity contribution in [1.82, 2.24) is 0 Å². The number of Topliss-reactive ketones (excluding diaryl/α,β-unsaturated/α-hetero) is 2. The Morgan fingerprint density at radius 1 is 1.00 bits per heavy atom. The van der Waals surface area contributed by atoms with Gasteiger partial charge in [0.1, 0.15) is 28.8 Å². The van der Waals surface area contributed by atoms with Gasteiger partial charge in [0.2, 0.25) is 0 Å². The van der Waals surface area contributed by atoms with Crippen LogP contribution < -0.4 is 5.63 Å². The summed E-state index contributed by atoms with van der Waals surface area (Å²) >= 11 is 0. The fourth-order valence-corrected chi connectivity index (χ4v) is 1.91. The summed E-state index contributed by atoms with van der Waals surface area (Å²) in [4.78, 5) is 44.3. The van der Waals surface area contributed by atoms with E-state index in [0.29, 0.717) is 19.9 Å². The second-order valence-electron chi connectivity index (χ2n) is 7.86. The molecule has 0 fully saturated rings. The maximum Gasteiger partial charge on any atom is 0.400 e. The quantitative estimate of drug-likeness (QED) is 0.192. The van der Waals surface area contributed by atoms with Crippen molar-refractivity contribution in [1.29, 1.82) is 1.34 Å². The van der Waals surface area contributed by atoms with E-state index in [0.717, 1.165) is 19.9 Å². The fourth-order valence-electron chi connectivity index (χ4n) is 1.91. The molecular weight excluding hydrogens is 727 g/mol. The normalized spacial score (nSPS) is 11.6. The molecule has 0 saturated heterocycles. The average molecular weight is 757 g/mol. The summed E-state index contributed by atoms with van der Waals surface area (Å²) in [5.41, 5.74) is -5.93. The van der Waals surface area contributed by atoms with E-state index >= 15 is 0 Å². The molecule has 0 spiro atoms. The van der Waals surface area contributed by atoms with Crippen LogP contribution >= 0.6 is 0 Å². The molecular formula is C21H29BF6O7U. The van der Waals surface area contributed by atoms with Gasteiger partial charge in [0, 0.05) is 45.6 Å². The van der Waals surface area contributed by atoms with Crippen LogP contribution in [-0.2, 0) is 24.5 Å². The van der Waals surface area contributed by atoms with E-state index < -0.39 is 70.7 Å². The van der Waals surface area contributed by atoms with Gasteiger partial charge < -0.3 is 14.3 Å². The van der Waals surface area contributed by atoms with Gasteiger partial charge in [-0.15, -0.1) is 0 Å². The first-order valence-corrected chi connectivity index (χ1v) is 9.35. The molecule has 0 atom stereocenters. The molecule has 2 radical (unpaired) electrons. The number of ketones is 2. The van der Waals surface area contributed by atoms with Crippen molar-refractivity contribution in [3.8, 4) is 5.75 Å². The van der Waals surface area contributed by atoms with E-state index in [1.54, 1.807) is 0 Å². The Morgan fingerprint density at radius 3 is 1.83 bits per heavy atom. The smallest absolute Gasteiger partial charge is 0.400 e. The minimum Gasteiger partial charge on any atom is -0.508 e. The fraction of sp³-hybridized carbons (Fsp3) is 0.619. The SMILES string of the molecule is C.CC(C)(c1cc(O)cc(=O)o1)C(F)(F)F.CCOC(=O)CC(=O)CC(=O)C(C)(C)C(F)(F)F.[2H][B].[U]. The number of ether oxygens (including phenoxy) is 1. The number of alkyl halides is 6. The standard InChI is InChI=1S/C11H15F3O4.C9H9F3O3.CH4.BH.U/c1-4-18-9(17)6-7(15)5-8(16)10(2,3)11(12,13)14;1-8(2,9(10,11)12)6-3-5(13)4-7(14)15-6;;;/h4-6H2,1-3H3;3-4,13H,1-2H3;1H4;1H;/i;;;1D;. The van der Waals surface area contributed by atoms with Crippen LogP contribution in [0.15, 0.2) is 21.3 Å². The van der Waals surface area contributed by atoms with Crippen molar-refractivity contribution >= 4 is 25.9 Å². The molecule has 1 N–H and O–H groups in total. The molecule has 1 rings (SSSR count). The molecule has 0 saturated carbocycles.